The maximum atomic E-state index is 11.9. The van der Waals surface area contributed by atoms with E-state index in [4.69, 9.17) is 0 Å². The average molecular weight is 300 g/mol. The van der Waals surface area contributed by atoms with Crippen LogP contribution in [0.5, 0.6) is 0 Å². The molecule has 1 fully saturated rings. The van der Waals surface area contributed by atoms with Gasteiger partial charge in [-0.25, -0.2) is 4.68 Å². The molecule has 2 heterocycles. The lowest BCUT2D eigenvalue weighted by atomic mass is 10.2. The van der Waals surface area contributed by atoms with Crippen molar-refractivity contribution in [1.82, 2.24) is 20.4 Å². The fraction of sp³-hybridized carbons (Fsp3) is 0.375. The van der Waals surface area contributed by atoms with E-state index in [0.29, 0.717) is 19.5 Å². The molecule has 116 valence electrons. The van der Waals surface area contributed by atoms with Crippen LogP contribution in [-0.2, 0) is 11.2 Å². The van der Waals surface area contributed by atoms with E-state index < -0.39 is 6.10 Å². The summed E-state index contributed by atoms with van der Waals surface area (Å²) in [5.74, 6) is -0.0491. The molecule has 1 aliphatic heterocycles. The molecule has 1 aliphatic rings. The number of hydrogen-bond acceptors (Lipinski definition) is 4. The van der Waals surface area contributed by atoms with Gasteiger partial charge in [-0.15, -0.1) is 0 Å². The summed E-state index contributed by atoms with van der Waals surface area (Å²) in [7, 11) is 0. The number of hydrogen-bond donors (Lipinski definition) is 3. The number of rotatable bonds is 5. The molecule has 2 atom stereocenters. The van der Waals surface area contributed by atoms with Crippen molar-refractivity contribution in [3.63, 3.8) is 0 Å². The first-order chi connectivity index (χ1) is 10.7. The van der Waals surface area contributed by atoms with Gasteiger partial charge < -0.3 is 15.7 Å². The third-order valence-electron chi connectivity index (χ3n) is 3.79. The zero-order valence-electron chi connectivity index (χ0n) is 12.3. The molecule has 6 nitrogen and oxygen atoms in total. The molecule has 1 aromatic carbocycles. The first-order valence-corrected chi connectivity index (χ1v) is 7.50. The molecular weight excluding hydrogens is 280 g/mol. The van der Waals surface area contributed by atoms with Crippen molar-refractivity contribution in [2.75, 3.05) is 13.1 Å². The summed E-state index contributed by atoms with van der Waals surface area (Å²) >= 11 is 0. The number of benzene rings is 1. The predicted octanol–water partition coefficient (Wildman–Crippen LogP) is 0.254. The lowest BCUT2D eigenvalue weighted by molar-refractivity contribution is -0.122. The Bertz CT molecular complexity index is 626. The van der Waals surface area contributed by atoms with E-state index in [-0.39, 0.29) is 11.9 Å². The van der Waals surface area contributed by atoms with Crippen LogP contribution in [0.1, 0.15) is 12.0 Å². The molecule has 22 heavy (non-hydrogen) atoms. The summed E-state index contributed by atoms with van der Waals surface area (Å²) < 4.78 is 1.83. The van der Waals surface area contributed by atoms with E-state index in [2.05, 4.69) is 15.7 Å². The van der Waals surface area contributed by atoms with Crippen LogP contribution in [0.15, 0.2) is 42.7 Å². The molecule has 0 radical (unpaired) electrons. The number of aliphatic hydroxyl groups is 1. The third kappa shape index (κ3) is 3.52. The monoisotopic (exact) mass is 300 g/mol. The Hall–Kier alpha value is -2.18. The smallest absolute Gasteiger partial charge is 0.237 e. The molecule has 3 N–H and O–H groups in total. The topological polar surface area (TPSA) is 79.2 Å². The maximum absolute atomic E-state index is 11.9. The van der Waals surface area contributed by atoms with Crippen molar-refractivity contribution in [2.45, 2.75) is 25.0 Å². The van der Waals surface area contributed by atoms with Gasteiger partial charge in [-0.3, -0.25) is 4.79 Å². The fourth-order valence-electron chi connectivity index (χ4n) is 2.58. The van der Waals surface area contributed by atoms with Crippen LogP contribution in [-0.4, -0.2) is 46.0 Å². The Morgan fingerprint density at radius 2 is 2.23 bits per heavy atom. The Labute approximate surface area is 129 Å². The summed E-state index contributed by atoms with van der Waals surface area (Å²) in [6.45, 7) is 1.05. The molecule has 2 unspecified atom stereocenters. The molecule has 0 aliphatic carbocycles. The summed E-state index contributed by atoms with van der Waals surface area (Å²) in [4.78, 5) is 11.9. The van der Waals surface area contributed by atoms with Crippen LogP contribution < -0.4 is 10.6 Å². The molecule has 0 bridgehead atoms. The number of carbonyl (C=O) groups excluding carboxylic acids is 1. The molecule has 0 saturated carbocycles. The zero-order valence-corrected chi connectivity index (χ0v) is 12.3. The Morgan fingerprint density at radius 3 is 2.95 bits per heavy atom. The third-order valence-corrected chi connectivity index (χ3v) is 3.79. The van der Waals surface area contributed by atoms with Crippen molar-refractivity contribution < 1.29 is 9.90 Å². The lowest BCUT2D eigenvalue weighted by Gasteiger charge is -2.10. The van der Waals surface area contributed by atoms with Gasteiger partial charge >= 0.3 is 0 Å². The van der Waals surface area contributed by atoms with E-state index in [9.17, 15) is 9.90 Å². The van der Waals surface area contributed by atoms with Gasteiger partial charge in [0, 0.05) is 19.3 Å². The first kappa shape index (κ1) is 14.7. The van der Waals surface area contributed by atoms with E-state index in [1.54, 1.807) is 0 Å². The summed E-state index contributed by atoms with van der Waals surface area (Å²) in [5, 5.41) is 19.6. The van der Waals surface area contributed by atoms with Gasteiger partial charge in [-0.05, 0) is 30.5 Å². The van der Waals surface area contributed by atoms with E-state index in [0.717, 1.165) is 17.7 Å². The highest BCUT2D eigenvalue weighted by Crippen LogP contribution is 2.08. The molecule has 1 aromatic heterocycles. The standard InChI is InChI=1S/C16H20N4O2/c21-14-8-15(18-10-14)16(22)17-7-6-12-9-19-20(11-12)13-4-2-1-3-5-13/h1-5,9,11,14-15,18,21H,6-8,10H2,(H,17,22). The lowest BCUT2D eigenvalue weighted by Crippen LogP contribution is -2.41. The Kier molecular flexibility index (Phi) is 4.50. The van der Waals surface area contributed by atoms with Crippen LogP contribution in [0, 0.1) is 0 Å². The SMILES string of the molecule is O=C(NCCc1cnn(-c2ccccc2)c1)C1CC(O)CN1. The summed E-state index contributed by atoms with van der Waals surface area (Å²) in [6, 6.07) is 9.63. The van der Waals surface area contributed by atoms with Crippen molar-refractivity contribution >= 4 is 5.91 Å². The minimum absolute atomic E-state index is 0.0491. The number of carbonyl (C=O) groups is 1. The molecule has 6 heteroatoms. The molecule has 3 rings (SSSR count). The van der Waals surface area contributed by atoms with Crippen LogP contribution >= 0.6 is 0 Å². The minimum Gasteiger partial charge on any atom is -0.392 e. The Balaban J connectivity index is 1.48. The largest absolute Gasteiger partial charge is 0.392 e. The first-order valence-electron chi connectivity index (χ1n) is 7.50. The van der Waals surface area contributed by atoms with Gasteiger partial charge in [0.25, 0.3) is 0 Å². The number of nitrogens with one attached hydrogen (secondary N) is 2. The zero-order chi connectivity index (χ0) is 15.4. The molecular formula is C16H20N4O2. The molecule has 1 saturated heterocycles. The van der Waals surface area contributed by atoms with Gasteiger partial charge in [0.15, 0.2) is 0 Å². The Morgan fingerprint density at radius 1 is 1.41 bits per heavy atom. The minimum atomic E-state index is -0.417. The molecule has 1 amide bonds. The summed E-state index contributed by atoms with van der Waals surface area (Å²) in [6.07, 6.45) is 4.58. The highest BCUT2D eigenvalue weighted by atomic mass is 16.3. The van der Waals surface area contributed by atoms with Crippen LogP contribution in [0.3, 0.4) is 0 Å². The number of β-amino-alcohol motifs (C(OH)–C–C–N with tert-alkyl or cyclic N) is 1. The van der Waals surface area contributed by atoms with Crippen molar-refractivity contribution in [3.8, 4) is 5.69 Å². The normalized spacial score (nSPS) is 21.0. The van der Waals surface area contributed by atoms with Gasteiger partial charge in [-0.2, -0.15) is 5.10 Å². The number of aromatic nitrogens is 2. The van der Waals surface area contributed by atoms with Gasteiger partial charge in [0.1, 0.15) is 0 Å². The second-order valence-electron chi connectivity index (χ2n) is 5.52. The molecule has 2 aromatic rings. The second-order valence-corrected chi connectivity index (χ2v) is 5.52. The number of aliphatic hydroxyl groups excluding tert-OH is 1. The van der Waals surface area contributed by atoms with Crippen LogP contribution in [0.4, 0.5) is 0 Å². The highest BCUT2D eigenvalue weighted by Gasteiger charge is 2.27. The van der Waals surface area contributed by atoms with Gasteiger partial charge in [0.2, 0.25) is 5.91 Å². The predicted molar refractivity (Wildman–Crippen MR) is 82.7 cm³/mol. The van der Waals surface area contributed by atoms with E-state index >= 15 is 0 Å². The highest BCUT2D eigenvalue weighted by molar-refractivity contribution is 5.82. The van der Waals surface area contributed by atoms with Gasteiger partial charge in [-0.1, -0.05) is 18.2 Å². The van der Waals surface area contributed by atoms with Crippen LogP contribution in [0.2, 0.25) is 0 Å². The van der Waals surface area contributed by atoms with Crippen molar-refractivity contribution in [3.05, 3.63) is 48.3 Å². The second kappa shape index (κ2) is 6.72. The van der Waals surface area contributed by atoms with E-state index in [1.165, 1.54) is 0 Å². The van der Waals surface area contributed by atoms with E-state index in [1.807, 2.05) is 47.4 Å². The van der Waals surface area contributed by atoms with Crippen molar-refractivity contribution in [1.29, 1.82) is 0 Å². The van der Waals surface area contributed by atoms with Gasteiger partial charge in [0.05, 0.1) is 24.0 Å². The maximum Gasteiger partial charge on any atom is 0.237 e. The quantitative estimate of drug-likeness (QED) is 0.740. The number of nitrogens with zero attached hydrogens (tertiary/aromatic N) is 2. The van der Waals surface area contributed by atoms with Crippen molar-refractivity contribution in [2.24, 2.45) is 0 Å². The average Bonchev–Trinajstić information content (AvgIpc) is 3.17. The fourth-order valence-corrected chi connectivity index (χ4v) is 2.58. The summed E-state index contributed by atoms with van der Waals surface area (Å²) in [5.41, 5.74) is 2.09. The molecule has 0 spiro atoms. The number of para-hydroxylation sites is 1. The van der Waals surface area contributed by atoms with Crippen LogP contribution in [0.25, 0.3) is 5.69 Å². The number of amides is 1.